The number of carbonyl (C=O) groups is 1. The summed E-state index contributed by atoms with van der Waals surface area (Å²) in [7, 11) is 0. The average Bonchev–Trinajstić information content (AvgIpc) is 2.73. The molecule has 0 aliphatic heterocycles. The lowest BCUT2D eigenvalue weighted by atomic mass is 10.1. The molecular weight excluding hydrogens is 377 g/mol. The molecule has 0 spiro atoms. The molecule has 28 heavy (non-hydrogen) atoms. The monoisotopic (exact) mass is 395 g/mol. The van der Waals surface area contributed by atoms with Crippen LogP contribution in [0.3, 0.4) is 0 Å². The molecular formula is C21H18FN3O2S. The Labute approximate surface area is 167 Å². The van der Waals surface area contributed by atoms with E-state index < -0.39 is 5.91 Å². The normalized spacial score (nSPS) is 10.0. The number of hydrogen-bond donors (Lipinski definition) is 3. The molecule has 142 valence electrons. The molecule has 0 saturated heterocycles. The van der Waals surface area contributed by atoms with Crippen LogP contribution in [0.4, 0.5) is 10.1 Å². The second-order valence-electron chi connectivity index (χ2n) is 5.81. The van der Waals surface area contributed by atoms with E-state index in [1.165, 1.54) is 24.3 Å². The van der Waals surface area contributed by atoms with Crippen molar-refractivity contribution < 1.29 is 13.9 Å². The van der Waals surface area contributed by atoms with Crippen molar-refractivity contribution in [2.24, 2.45) is 0 Å². The third-order valence-electron chi connectivity index (χ3n) is 3.75. The molecule has 0 aromatic heterocycles. The van der Waals surface area contributed by atoms with Crippen LogP contribution in [0.5, 0.6) is 5.75 Å². The molecule has 0 saturated carbocycles. The molecule has 0 aliphatic carbocycles. The number of amides is 1. The summed E-state index contributed by atoms with van der Waals surface area (Å²) in [5.74, 6) is -0.149. The fraction of sp³-hybridized carbons (Fsp3) is 0.0476. The maximum Gasteiger partial charge on any atom is 0.276 e. The van der Waals surface area contributed by atoms with Gasteiger partial charge in [-0.3, -0.25) is 15.6 Å². The Morgan fingerprint density at radius 3 is 2.18 bits per heavy atom. The fourth-order valence-electron chi connectivity index (χ4n) is 2.38. The lowest BCUT2D eigenvalue weighted by Gasteiger charge is -2.12. The van der Waals surface area contributed by atoms with Crippen LogP contribution in [-0.4, -0.2) is 17.6 Å². The number of hydrazine groups is 1. The van der Waals surface area contributed by atoms with Crippen molar-refractivity contribution in [3.8, 4) is 16.9 Å². The summed E-state index contributed by atoms with van der Waals surface area (Å²) in [6.45, 7) is -0.170. The zero-order valence-corrected chi connectivity index (χ0v) is 15.6. The van der Waals surface area contributed by atoms with Gasteiger partial charge in [0.2, 0.25) is 0 Å². The van der Waals surface area contributed by atoms with Crippen LogP contribution >= 0.6 is 12.2 Å². The number of rotatable bonds is 5. The van der Waals surface area contributed by atoms with E-state index in [0.717, 1.165) is 11.1 Å². The van der Waals surface area contributed by atoms with E-state index in [1.54, 1.807) is 0 Å². The van der Waals surface area contributed by atoms with Crippen molar-refractivity contribution >= 4 is 28.9 Å². The highest BCUT2D eigenvalue weighted by Gasteiger charge is 2.05. The molecule has 0 fully saturated rings. The van der Waals surface area contributed by atoms with Gasteiger partial charge < -0.3 is 10.1 Å². The maximum atomic E-state index is 12.9. The van der Waals surface area contributed by atoms with Gasteiger partial charge in [0.25, 0.3) is 5.91 Å². The molecule has 0 bridgehead atoms. The van der Waals surface area contributed by atoms with E-state index >= 15 is 0 Å². The zero-order chi connectivity index (χ0) is 19.8. The van der Waals surface area contributed by atoms with E-state index in [2.05, 4.69) is 16.2 Å². The van der Waals surface area contributed by atoms with Gasteiger partial charge in [0.05, 0.1) is 0 Å². The van der Waals surface area contributed by atoms with Crippen molar-refractivity contribution in [3.05, 3.63) is 84.7 Å². The Balaban J connectivity index is 1.41. The minimum atomic E-state index is -0.393. The Morgan fingerprint density at radius 1 is 0.857 bits per heavy atom. The topological polar surface area (TPSA) is 62.4 Å². The first-order chi connectivity index (χ1) is 13.6. The molecule has 3 aromatic rings. The van der Waals surface area contributed by atoms with Crippen LogP contribution in [0.2, 0.25) is 0 Å². The van der Waals surface area contributed by atoms with Crippen LogP contribution in [0.25, 0.3) is 11.1 Å². The number of hydrogen-bond acceptors (Lipinski definition) is 3. The van der Waals surface area contributed by atoms with Gasteiger partial charge in [-0.25, -0.2) is 4.39 Å². The van der Waals surface area contributed by atoms with Gasteiger partial charge in [-0.15, -0.1) is 0 Å². The summed E-state index contributed by atoms with van der Waals surface area (Å²) in [6.07, 6.45) is 0. The number of anilines is 1. The molecule has 3 aromatic carbocycles. The summed E-state index contributed by atoms with van der Waals surface area (Å²) in [4.78, 5) is 11.9. The maximum absolute atomic E-state index is 12.9. The minimum absolute atomic E-state index is 0.170. The van der Waals surface area contributed by atoms with Crippen molar-refractivity contribution in [3.63, 3.8) is 0 Å². The van der Waals surface area contributed by atoms with Crippen molar-refractivity contribution in [1.82, 2.24) is 10.9 Å². The van der Waals surface area contributed by atoms with Crippen LogP contribution < -0.4 is 20.9 Å². The first-order valence-corrected chi connectivity index (χ1v) is 8.91. The first kappa shape index (κ1) is 19.3. The van der Waals surface area contributed by atoms with Gasteiger partial charge in [0, 0.05) is 5.69 Å². The molecule has 0 atom stereocenters. The predicted molar refractivity (Wildman–Crippen MR) is 111 cm³/mol. The summed E-state index contributed by atoms with van der Waals surface area (Å²) < 4.78 is 18.3. The highest BCUT2D eigenvalue weighted by atomic mass is 32.1. The van der Waals surface area contributed by atoms with E-state index in [9.17, 15) is 9.18 Å². The second kappa shape index (κ2) is 9.48. The molecule has 3 N–H and O–H groups in total. The van der Waals surface area contributed by atoms with Crippen LogP contribution in [-0.2, 0) is 4.79 Å². The first-order valence-electron chi connectivity index (χ1n) is 8.50. The third-order valence-corrected chi connectivity index (χ3v) is 3.95. The summed E-state index contributed by atoms with van der Waals surface area (Å²) in [5, 5.41) is 2.99. The summed E-state index contributed by atoms with van der Waals surface area (Å²) in [6, 6.07) is 23.1. The van der Waals surface area contributed by atoms with E-state index in [4.69, 9.17) is 17.0 Å². The zero-order valence-electron chi connectivity index (χ0n) is 14.8. The second-order valence-corrected chi connectivity index (χ2v) is 6.22. The largest absolute Gasteiger partial charge is 0.484 e. The van der Waals surface area contributed by atoms with Crippen LogP contribution in [0, 0.1) is 5.82 Å². The number of benzene rings is 3. The predicted octanol–water partition coefficient (Wildman–Crippen LogP) is 3.89. The fourth-order valence-corrected chi connectivity index (χ4v) is 2.55. The highest BCUT2D eigenvalue weighted by molar-refractivity contribution is 7.80. The quantitative estimate of drug-likeness (QED) is 0.452. The van der Waals surface area contributed by atoms with E-state index in [0.29, 0.717) is 11.4 Å². The van der Waals surface area contributed by atoms with E-state index in [-0.39, 0.29) is 17.5 Å². The standard InChI is InChI=1S/C21H18FN3O2S/c22-17-8-10-18(11-9-17)23-21(28)25-24-20(26)14-27-19-12-6-16(7-13-19)15-4-2-1-3-5-15/h1-13H,14H2,(H,24,26)(H2,23,25,28). The Hall–Kier alpha value is -3.45. The highest BCUT2D eigenvalue weighted by Crippen LogP contribution is 2.21. The molecule has 0 aliphatic rings. The Bertz CT molecular complexity index is 932. The number of carbonyl (C=O) groups excluding carboxylic acids is 1. The number of nitrogens with one attached hydrogen (secondary N) is 3. The molecule has 0 heterocycles. The summed E-state index contributed by atoms with van der Waals surface area (Å²) >= 11 is 5.05. The van der Waals surface area contributed by atoms with Crippen molar-refractivity contribution in [1.29, 1.82) is 0 Å². The summed E-state index contributed by atoms with van der Waals surface area (Å²) in [5.41, 5.74) is 7.76. The molecule has 3 rings (SSSR count). The lowest BCUT2D eigenvalue weighted by Crippen LogP contribution is -2.45. The van der Waals surface area contributed by atoms with Gasteiger partial charge in [-0.2, -0.15) is 0 Å². The molecule has 1 amide bonds. The smallest absolute Gasteiger partial charge is 0.276 e. The van der Waals surface area contributed by atoms with Gasteiger partial charge in [0.15, 0.2) is 11.7 Å². The van der Waals surface area contributed by atoms with E-state index in [1.807, 2.05) is 54.6 Å². The molecule has 0 unspecified atom stereocenters. The third kappa shape index (κ3) is 5.78. The number of thiocarbonyl (C=S) groups is 1. The Kier molecular flexibility index (Phi) is 6.54. The van der Waals surface area contributed by atoms with Crippen molar-refractivity contribution in [2.75, 3.05) is 11.9 Å². The number of halogens is 1. The molecule has 5 nitrogen and oxygen atoms in total. The minimum Gasteiger partial charge on any atom is -0.484 e. The van der Waals surface area contributed by atoms with Gasteiger partial charge in [-0.1, -0.05) is 42.5 Å². The SMILES string of the molecule is O=C(COc1ccc(-c2ccccc2)cc1)NNC(=S)Nc1ccc(F)cc1. The van der Waals surface area contributed by atoms with Gasteiger partial charge >= 0.3 is 0 Å². The molecule has 0 radical (unpaired) electrons. The van der Waals surface area contributed by atoms with Gasteiger partial charge in [0.1, 0.15) is 11.6 Å². The molecule has 7 heteroatoms. The van der Waals surface area contributed by atoms with Gasteiger partial charge in [-0.05, 0) is 59.7 Å². The number of ether oxygens (including phenoxy) is 1. The van der Waals surface area contributed by atoms with Crippen molar-refractivity contribution in [2.45, 2.75) is 0 Å². The lowest BCUT2D eigenvalue weighted by molar-refractivity contribution is -0.123. The van der Waals surface area contributed by atoms with Crippen LogP contribution in [0.1, 0.15) is 0 Å². The van der Waals surface area contributed by atoms with Crippen LogP contribution in [0.15, 0.2) is 78.9 Å². The Morgan fingerprint density at radius 2 is 1.50 bits per heavy atom. The average molecular weight is 395 g/mol.